The Bertz CT molecular complexity index is 491. The van der Waals surface area contributed by atoms with Crippen molar-refractivity contribution in [3.63, 3.8) is 0 Å². The van der Waals surface area contributed by atoms with Crippen LogP contribution in [0.1, 0.15) is 49.6 Å². The molecule has 1 aromatic rings. The number of aryl methyl sites for hydroxylation is 2. The molecule has 0 radical (unpaired) electrons. The van der Waals surface area contributed by atoms with Gasteiger partial charge >= 0.3 is 0 Å². The molecule has 0 aromatic carbocycles. The van der Waals surface area contributed by atoms with Gasteiger partial charge in [-0.1, -0.05) is 32.0 Å². The maximum absolute atomic E-state index is 5.84. The zero-order valence-corrected chi connectivity index (χ0v) is 13.5. The topological polar surface area (TPSA) is 50.9 Å². The van der Waals surface area contributed by atoms with Crippen LogP contribution >= 0.6 is 12.2 Å². The lowest BCUT2D eigenvalue weighted by molar-refractivity contribution is 0.300. The first-order chi connectivity index (χ1) is 9.47. The number of thiocarbonyl (C=S) groups is 1. The first-order valence-corrected chi connectivity index (χ1v) is 7.90. The number of anilines is 1. The standard InChI is InChI=1S/C16H25N3S/c1-10-4-6-13(7-5-10)9-18-14-8-11(2)19-12(3)15(14)16(17)20/h8,10,13H,4-7,9H2,1-3H3,(H2,17,20)(H,18,19). The van der Waals surface area contributed by atoms with Crippen molar-refractivity contribution in [2.75, 3.05) is 11.9 Å². The number of nitrogens with two attached hydrogens (primary N) is 1. The van der Waals surface area contributed by atoms with Crippen molar-refractivity contribution in [1.29, 1.82) is 0 Å². The normalized spacial score (nSPS) is 22.6. The van der Waals surface area contributed by atoms with E-state index in [1.165, 1.54) is 25.7 Å². The minimum Gasteiger partial charge on any atom is -0.389 e. The number of pyridine rings is 1. The zero-order valence-electron chi connectivity index (χ0n) is 12.7. The summed E-state index contributed by atoms with van der Waals surface area (Å²) in [5.41, 5.74) is 9.70. The number of hydrogen-bond acceptors (Lipinski definition) is 3. The van der Waals surface area contributed by atoms with E-state index in [0.717, 1.165) is 41.0 Å². The molecular formula is C16H25N3S. The van der Waals surface area contributed by atoms with Gasteiger partial charge in [-0.05, 0) is 44.6 Å². The average Bonchev–Trinajstić information content (AvgIpc) is 2.36. The highest BCUT2D eigenvalue weighted by Gasteiger charge is 2.19. The van der Waals surface area contributed by atoms with Crippen LogP contribution in [0.5, 0.6) is 0 Å². The first-order valence-electron chi connectivity index (χ1n) is 7.49. The van der Waals surface area contributed by atoms with Crippen molar-refractivity contribution in [2.45, 2.75) is 46.5 Å². The summed E-state index contributed by atoms with van der Waals surface area (Å²) in [5.74, 6) is 1.66. The fraction of sp³-hybridized carbons (Fsp3) is 0.625. The van der Waals surface area contributed by atoms with Crippen molar-refractivity contribution >= 4 is 22.9 Å². The summed E-state index contributed by atoms with van der Waals surface area (Å²) in [4.78, 5) is 4.88. The van der Waals surface area contributed by atoms with Crippen molar-refractivity contribution in [2.24, 2.45) is 17.6 Å². The van der Waals surface area contributed by atoms with E-state index in [1.54, 1.807) is 0 Å². The lowest BCUT2D eigenvalue weighted by atomic mass is 9.83. The third-order valence-electron chi connectivity index (χ3n) is 4.29. The van der Waals surface area contributed by atoms with E-state index < -0.39 is 0 Å². The fourth-order valence-corrected chi connectivity index (χ4v) is 3.32. The maximum atomic E-state index is 5.84. The van der Waals surface area contributed by atoms with E-state index in [4.69, 9.17) is 18.0 Å². The summed E-state index contributed by atoms with van der Waals surface area (Å²) in [5, 5.41) is 3.55. The molecule has 0 bridgehead atoms. The minimum absolute atomic E-state index is 0.426. The van der Waals surface area contributed by atoms with Gasteiger partial charge in [0.1, 0.15) is 4.99 Å². The molecule has 2 rings (SSSR count). The summed E-state index contributed by atoms with van der Waals surface area (Å²) in [6, 6.07) is 2.05. The van der Waals surface area contributed by atoms with Crippen molar-refractivity contribution in [3.8, 4) is 0 Å². The van der Waals surface area contributed by atoms with Crippen LogP contribution < -0.4 is 11.1 Å². The lowest BCUT2D eigenvalue weighted by Crippen LogP contribution is -2.22. The molecule has 0 spiro atoms. The second-order valence-electron chi connectivity index (χ2n) is 6.14. The molecule has 1 aliphatic rings. The third kappa shape index (κ3) is 3.69. The Hall–Kier alpha value is -1.16. The van der Waals surface area contributed by atoms with Crippen molar-refractivity contribution < 1.29 is 0 Å². The van der Waals surface area contributed by atoms with Crippen molar-refractivity contribution in [1.82, 2.24) is 4.98 Å². The molecule has 0 unspecified atom stereocenters. The number of hydrogen-bond donors (Lipinski definition) is 2. The molecule has 1 fully saturated rings. The van der Waals surface area contributed by atoms with Crippen molar-refractivity contribution in [3.05, 3.63) is 23.0 Å². The van der Waals surface area contributed by atoms with E-state index in [2.05, 4.69) is 17.2 Å². The molecule has 1 aliphatic carbocycles. The number of nitrogens with zero attached hydrogens (tertiary/aromatic N) is 1. The number of nitrogens with one attached hydrogen (secondary N) is 1. The summed E-state index contributed by atoms with van der Waals surface area (Å²) < 4.78 is 0. The van der Waals surface area contributed by atoms with E-state index >= 15 is 0 Å². The van der Waals surface area contributed by atoms with E-state index in [1.807, 2.05) is 19.9 Å². The Morgan fingerprint density at radius 2 is 2.00 bits per heavy atom. The molecule has 0 aliphatic heterocycles. The van der Waals surface area contributed by atoms with E-state index in [-0.39, 0.29) is 0 Å². The van der Waals surface area contributed by atoms with Crippen LogP contribution in [0.15, 0.2) is 6.07 Å². The summed E-state index contributed by atoms with van der Waals surface area (Å²) in [6.45, 7) is 7.33. The largest absolute Gasteiger partial charge is 0.389 e. The fourth-order valence-electron chi connectivity index (χ4n) is 3.07. The first kappa shape index (κ1) is 15.2. The molecule has 1 heterocycles. The van der Waals surface area contributed by atoms with Gasteiger partial charge in [-0.15, -0.1) is 0 Å². The Balaban J connectivity index is 2.07. The summed E-state index contributed by atoms with van der Waals surface area (Å²) in [6.07, 6.45) is 5.34. The quantitative estimate of drug-likeness (QED) is 0.833. The van der Waals surface area contributed by atoms with Gasteiger partial charge in [-0.25, -0.2) is 0 Å². The third-order valence-corrected chi connectivity index (χ3v) is 4.50. The Labute approximate surface area is 127 Å². The SMILES string of the molecule is Cc1cc(NCC2CCC(C)CC2)c(C(N)=S)c(C)n1. The smallest absolute Gasteiger partial charge is 0.107 e. The molecule has 4 heteroatoms. The van der Waals surface area contributed by atoms with Gasteiger partial charge in [-0.2, -0.15) is 0 Å². The van der Waals surface area contributed by atoms with Gasteiger partial charge < -0.3 is 11.1 Å². The van der Waals surface area contributed by atoms with Crippen LogP contribution in [0.4, 0.5) is 5.69 Å². The van der Waals surface area contributed by atoms with Gasteiger partial charge in [0.25, 0.3) is 0 Å². The molecule has 0 amide bonds. The van der Waals surface area contributed by atoms with Crippen LogP contribution in [0.25, 0.3) is 0 Å². The van der Waals surface area contributed by atoms with Crippen LogP contribution in [0, 0.1) is 25.7 Å². The lowest BCUT2D eigenvalue weighted by Gasteiger charge is -2.27. The predicted octanol–water partition coefficient (Wildman–Crippen LogP) is 3.57. The molecule has 1 aromatic heterocycles. The molecular weight excluding hydrogens is 266 g/mol. The van der Waals surface area contributed by atoms with Crippen LogP contribution in [0.2, 0.25) is 0 Å². The second-order valence-corrected chi connectivity index (χ2v) is 6.58. The maximum Gasteiger partial charge on any atom is 0.107 e. The second kappa shape index (κ2) is 6.53. The van der Waals surface area contributed by atoms with Gasteiger partial charge in [0, 0.05) is 23.6 Å². The Morgan fingerprint density at radius 3 is 2.60 bits per heavy atom. The Morgan fingerprint density at radius 1 is 1.35 bits per heavy atom. The molecule has 0 atom stereocenters. The highest BCUT2D eigenvalue weighted by molar-refractivity contribution is 7.80. The molecule has 1 saturated carbocycles. The van der Waals surface area contributed by atoms with Gasteiger partial charge in [-0.3, -0.25) is 4.98 Å². The highest BCUT2D eigenvalue weighted by Crippen LogP contribution is 2.29. The minimum atomic E-state index is 0.426. The number of aromatic nitrogens is 1. The monoisotopic (exact) mass is 291 g/mol. The van der Waals surface area contributed by atoms with Crippen LogP contribution in [-0.4, -0.2) is 16.5 Å². The van der Waals surface area contributed by atoms with E-state index in [9.17, 15) is 0 Å². The van der Waals surface area contributed by atoms with Crippen LogP contribution in [0.3, 0.4) is 0 Å². The van der Waals surface area contributed by atoms with Gasteiger partial charge in [0.05, 0.1) is 5.56 Å². The molecule has 0 saturated heterocycles. The summed E-state index contributed by atoms with van der Waals surface area (Å²) >= 11 is 5.16. The predicted molar refractivity (Wildman–Crippen MR) is 89.2 cm³/mol. The Kier molecular flexibility index (Phi) is 4.97. The van der Waals surface area contributed by atoms with E-state index in [0.29, 0.717) is 4.99 Å². The molecule has 110 valence electrons. The molecule has 3 nitrogen and oxygen atoms in total. The highest BCUT2D eigenvalue weighted by atomic mass is 32.1. The van der Waals surface area contributed by atoms with Gasteiger partial charge in [0.2, 0.25) is 0 Å². The van der Waals surface area contributed by atoms with Crippen LogP contribution in [-0.2, 0) is 0 Å². The average molecular weight is 291 g/mol. The number of rotatable bonds is 4. The summed E-state index contributed by atoms with van der Waals surface area (Å²) in [7, 11) is 0. The van der Waals surface area contributed by atoms with Gasteiger partial charge in [0.15, 0.2) is 0 Å². The molecule has 3 N–H and O–H groups in total. The molecule has 20 heavy (non-hydrogen) atoms. The zero-order chi connectivity index (χ0) is 14.7.